The number of carbonyl (C=O) groups excluding carboxylic acids is 1. The highest BCUT2D eigenvalue weighted by atomic mass is 35.5. The van der Waals surface area contributed by atoms with Gasteiger partial charge in [-0.3, -0.25) is 4.79 Å². The van der Waals surface area contributed by atoms with Gasteiger partial charge in [0.2, 0.25) is 5.91 Å². The average molecular weight is 558 g/mol. The maximum atomic E-state index is 13.3. The van der Waals surface area contributed by atoms with E-state index in [-0.39, 0.29) is 44.6 Å². The Morgan fingerprint density at radius 3 is 2.17 bits per heavy atom. The minimum Gasteiger partial charge on any atom is -0.379 e. The van der Waals surface area contributed by atoms with Crippen LogP contribution in [0.4, 0.5) is 5.69 Å². The maximum Gasteiger partial charge on any atom is 0.339 e. The highest BCUT2D eigenvalue weighted by Crippen LogP contribution is 2.32. The number of nitrogens with zero attached hydrogens (tertiary/aromatic N) is 2. The number of hydrogen-bond acceptors (Lipinski definition) is 5. The lowest BCUT2D eigenvalue weighted by Crippen LogP contribution is -2.39. The SMILES string of the molecule is CC[C@@H](C)N(Cc1ccc(N(CC)CC)cc1OS(=O)(=O)c1ccc(Cl)c(Cl)c1)C(=O)CC(C)(C)C. The van der Waals surface area contributed by atoms with Gasteiger partial charge in [-0.25, -0.2) is 0 Å². The molecule has 0 aromatic heterocycles. The number of rotatable bonds is 11. The second kappa shape index (κ2) is 12.5. The molecule has 0 N–H and O–H groups in total. The molecule has 2 aromatic carbocycles. The van der Waals surface area contributed by atoms with Gasteiger partial charge in [0, 0.05) is 49.4 Å². The Balaban J connectivity index is 2.55. The number of anilines is 1. The fraction of sp³-hybridized carbons (Fsp3) is 0.519. The maximum absolute atomic E-state index is 13.3. The van der Waals surface area contributed by atoms with Crippen LogP contribution >= 0.6 is 23.2 Å². The first-order valence-electron chi connectivity index (χ1n) is 12.3. The van der Waals surface area contributed by atoms with Crippen molar-refractivity contribution in [3.8, 4) is 5.75 Å². The lowest BCUT2D eigenvalue weighted by atomic mass is 9.91. The first kappa shape index (κ1) is 30.3. The van der Waals surface area contributed by atoms with E-state index in [2.05, 4.69) is 4.90 Å². The second-order valence-electron chi connectivity index (χ2n) is 10.1. The summed E-state index contributed by atoms with van der Waals surface area (Å²) in [7, 11) is -4.21. The van der Waals surface area contributed by atoms with Crippen molar-refractivity contribution in [3.63, 3.8) is 0 Å². The Labute approximate surface area is 226 Å². The predicted molar refractivity (Wildman–Crippen MR) is 149 cm³/mol. The van der Waals surface area contributed by atoms with Crippen molar-refractivity contribution >= 4 is 44.9 Å². The van der Waals surface area contributed by atoms with E-state index in [1.807, 2.05) is 60.6 Å². The van der Waals surface area contributed by atoms with Crippen LogP contribution < -0.4 is 9.08 Å². The molecule has 2 rings (SSSR count). The van der Waals surface area contributed by atoms with Crippen LogP contribution in [0.25, 0.3) is 0 Å². The van der Waals surface area contributed by atoms with Gasteiger partial charge in [0.15, 0.2) is 0 Å². The number of carbonyl (C=O) groups is 1. The van der Waals surface area contributed by atoms with Crippen LogP contribution in [0.5, 0.6) is 5.75 Å². The molecule has 0 saturated heterocycles. The summed E-state index contributed by atoms with van der Waals surface area (Å²) in [5, 5.41) is 0.371. The molecule has 1 amide bonds. The topological polar surface area (TPSA) is 66.9 Å². The van der Waals surface area contributed by atoms with Crippen molar-refractivity contribution in [3.05, 3.63) is 52.0 Å². The number of hydrogen-bond donors (Lipinski definition) is 0. The van der Waals surface area contributed by atoms with E-state index < -0.39 is 10.1 Å². The quantitative estimate of drug-likeness (QED) is 0.274. The summed E-state index contributed by atoms with van der Waals surface area (Å²) >= 11 is 12.0. The summed E-state index contributed by atoms with van der Waals surface area (Å²) < 4.78 is 32.1. The molecule has 0 radical (unpaired) electrons. The standard InChI is InChI=1S/C27H38Cl2N2O4S/c1-8-19(4)31(26(32)17-27(5,6)7)18-20-11-12-21(30(9-2)10-3)15-25(20)35-36(33,34)22-13-14-23(28)24(29)16-22/h11-16,19H,8-10,17-18H2,1-7H3/t19-/m1/s1. The fourth-order valence-electron chi connectivity index (χ4n) is 3.78. The predicted octanol–water partition coefficient (Wildman–Crippen LogP) is 7.17. The van der Waals surface area contributed by atoms with Gasteiger partial charge in [-0.05, 0) is 56.9 Å². The van der Waals surface area contributed by atoms with Gasteiger partial charge in [0.05, 0.1) is 10.0 Å². The van der Waals surface area contributed by atoms with Crippen molar-refractivity contribution in [1.29, 1.82) is 0 Å². The van der Waals surface area contributed by atoms with Crippen molar-refractivity contribution in [2.45, 2.75) is 78.8 Å². The van der Waals surface area contributed by atoms with E-state index >= 15 is 0 Å². The molecule has 1 atom stereocenters. The van der Waals surface area contributed by atoms with Gasteiger partial charge in [-0.2, -0.15) is 8.42 Å². The van der Waals surface area contributed by atoms with Crippen LogP contribution in [0.15, 0.2) is 41.3 Å². The van der Waals surface area contributed by atoms with Gasteiger partial charge in [-0.1, -0.05) is 57.0 Å². The molecule has 2 aromatic rings. The van der Waals surface area contributed by atoms with Crippen molar-refractivity contribution in [1.82, 2.24) is 4.90 Å². The molecule has 6 nitrogen and oxygen atoms in total. The Kier molecular flexibility index (Phi) is 10.5. The minimum absolute atomic E-state index is 0.0166. The van der Waals surface area contributed by atoms with Crippen LogP contribution in [0.1, 0.15) is 66.9 Å². The van der Waals surface area contributed by atoms with Gasteiger partial charge in [-0.15, -0.1) is 0 Å². The molecule has 0 heterocycles. The summed E-state index contributed by atoms with van der Waals surface area (Å²) in [6.07, 6.45) is 1.15. The van der Waals surface area contributed by atoms with Crippen LogP contribution in [-0.4, -0.2) is 38.4 Å². The Bertz CT molecular complexity index is 1160. The number of benzene rings is 2. The second-order valence-corrected chi connectivity index (χ2v) is 12.5. The van der Waals surface area contributed by atoms with Crippen LogP contribution in [0.2, 0.25) is 10.0 Å². The van der Waals surface area contributed by atoms with E-state index in [1.54, 1.807) is 11.0 Å². The van der Waals surface area contributed by atoms with Crippen LogP contribution in [-0.2, 0) is 21.5 Å². The van der Waals surface area contributed by atoms with Crippen LogP contribution in [0, 0.1) is 5.41 Å². The van der Waals surface area contributed by atoms with Gasteiger partial charge in [0.25, 0.3) is 0 Å². The molecule has 0 spiro atoms. The van der Waals surface area contributed by atoms with E-state index in [0.29, 0.717) is 12.0 Å². The molecule has 0 fully saturated rings. The smallest absolute Gasteiger partial charge is 0.339 e. The molecule has 0 aliphatic carbocycles. The Hall–Kier alpha value is -1.96. The molecule has 0 bridgehead atoms. The summed E-state index contributed by atoms with van der Waals surface area (Å²) in [6, 6.07) is 9.52. The third kappa shape index (κ3) is 8.02. The number of halogens is 2. The summed E-state index contributed by atoms with van der Waals surface area (Å²) in [6.45, 7) is 15.9. The zero-order valence-corrected chi connectivity index (χ0v) is 24.6. The Morgan fingerprint density at radius 1 is 1.00 bits per heavy atom. The van der Waals surface area contributed by atoms with Gasteiger partial charge in [0.1, 0.15) is 10.6 Å². The highest BCUT2D eigenvalue weighted by Gasteiger charge is 2.27. The molecule has 200 valence electrons. The average Bonchev–Trinajstić information content (AvgIpc) is 2.79. The van der Waals surface area contributed by atoms with Gasteiger partial charge >= 0.3 is 10.1 Å². The molecule has 0 aliphatic heterocycles. The summed E-state index contributed by atoms with van der Waals surface area (Å²) in [5.74, 6) is 0.199. The van der Waals surface area contributed by atoms with E-state index in [1.165, 1.54) is 18.2 Å². The van der Waals surface area contributed by atoms with Crippen molar-refractivity contribution in [2.75, 3.05) is 18.0 Å². The molecular weight excluding hydrogens is 519 g/mol. The minimum atomic E-state index is -4.21. The van der Waals surface area contributed by atoms with Crippen molar-refractivity contribution in [2.24, 2.45) is 5.41 Å². The van der Waals surface area contributed by atoms with Gasteiger partial charge < -0.3 is 14.0 Å². The zero-order valence-electron chi connectivity index (χ0n) is 22.3. The summed E-state index contributed by atoms with van der Waals surface area (Å²) in [5.41, 5.74) is 1.27. The highest BCUT2D eigenvalue weighted by molar-refractivity contribution is 7.87. The third-order valence-corrected chi connectivity index (χ3v) is 7.99. The van der Waals surface area contributed by atoms with E-state index in [0.717, 1.165) is 25.2 Å². The molecule has 9 heteroatoms. The van der Waals surface area contributed by atoms with Crippen LogP contribution in [0.3, 0.4) is 0 Å². The first-order chi connectivity index (χ1) is 16.7. The summed E-state index contributed by atoms with van der Waals surface area (Å²) in [4.78, 5) is 17.1. The Morgan fingerprint density at radius 2 is 1.64 bits per heavy atom. The normalized spacial score (nSPS) is 12.8. The van der Waals surface area contributed by atoms with E-state index in [9.17, 15) is 13.2 Å². The lowest BCUT2D eigenvalue weighted by Gasteiger charge is -2.32. The van der Waals surface area contributed by atoms with E-state index in [4.69, 9.17) is 27.4 Å². The largest absolute Gasteiger partial charge is 0.379 e. The molecule has 0 aliphatic rings. The molecule has 0 saturated carbocycles. The molecule has 0 unspecified atom stereocenters. The third-order valence-electron chi connectivity index (χ3n) is 6.02. The lowest BCUT2D eigenvalue weighted by molar-refractivity contribution is -0.135. The van der Waals surface area contributed by atoms with Crippen molar-refractivity contribution < 1.29 is 17.4 Å². The monoisotopic (exact) mass is 556 g/mol. The fourth-order valence-corrected chi connectivity index (χ4v) is 5.13. The molecule has 36 heavy (non-hydrogen) atoms. The first-order valence-corrected chi connectivity index (χ1v) is 14.5. The molecular formula is C27H38Cl2N2O4S. The number of amides is 1. The zero-order chi connectivity index (χ0) is 27.3.